The maximum atomic E-state index is 5.28. The van der Waals surface area contributed by atoms with Crippen LogP contribution in [0.25, 0.3) is 0 Å². The number of nitrogens with one attached hydrogen (secondary N) is 1. The Morgan fingerprint density at radius 1 is 1.21 bits per heavy atom. The molecule has 0 bridgehead atoms. The summed E-state index contributed by atoms with van der Waals surface area (Å²) >= 11 is 1.68. The SMILES string of the molecule is CCc1n[nH]c(CSc2ccc(OC)c(OC)c2)n1. The first-order valence-corrected chi connectivity index (χ1v) is 7.00. The molecule has 5 nitrogen and oxygen atoms in total. The first-order chi connectivity index (χ1) is 9.26. The Morgan fingerprint density at radius 2 is 2.00 bits per heavy atom. The summed E-state index contributed by atoms with van der Waals surface area (Å²) < 4.78 is 10.5. The van der Waals surface area contributed by atoms with Crippen LogP contribution in [0.15, 0.2) is 23.1 Å². The number of aromatic nitrogens is 3. The minimum Gasteiger partial charge on any atom is -0.493 e. The van der Waals surface area contributed by atoms with Crippen molar-refractivity contribution in [1.82, 2.24) is 15.2 Å². The van der Waals surface area contributed by atoms with Crippen LogP contribution in [0.3, 0.4) is 0 Å². The molecule has 0 saturated carbocycles. The molecule has 0 amide bonds. The molecule has 0 fully saturated rings. The van der Waals surface area contributed by atoms with Gasteiger partial charge in [-0.15, -0.1) is 11.8 Å². The fourth-order valence-electron chi connectivity index (χ4n) is 1.62. The zero-order valence-corrected chi connectivity index (χ0v) is 12.1. The summed E-state index contributed by atoms with van der Waals surface area (Å²) in [5.41, 5.74) is 0. The summed E-state index contributed by atoms with van der Waals surface area (Å²) in [5, 5.41) is 7.05. The van der Waals surface area contributed by atoms with E-state index < -0.39 is 0 Å². The highest BCUT2D eigenvalue weighted by Gasteiger charge is 2.06. The van der Waals surface area contributed by atoms with Crippen molar-refractivity contribution in [1.29, 1.82) is 0 Å². The Hall–Kier alpha value is -1.69. The van der Waals surface area contributed by atoms with Crippen molar-refractivity contribution in [3.8, 4) is 11.5 Å². The van der Waals surface area contributed by atoms with Crippen LogP contribution < -0.4 is 9.47 Å². The summed E-state index contributed by atoms with van der Waals surface area (Å²) in [6.45, 7) is 2.04. The van der Waals surface area contributed by atoms with Gasteiger partial charge in [0.25, 0.3) is 0 Å². The largest absolute Gasteiger partial charge is 0.493 e. The average Bonchev–Trinajstić information content (AvgIpc) is 2.92. The maximum absolute atomic E-state index is 5.28. The Morgan fingerprint density at radius 3 is 2.63 bits per heavy atom. The molecule has 0 saturated heterocycles. The van der Waals surface area contributed by atoms with Gasteiger partial charge in [0.1, 0.15) is 11.6 Å². The number of methoxy groups -OCH3 is 2. The smallest absolute Gasteiger partial charge is 0.161 e. The van der Waals surface area contributed by atoms with Crippen molar-refractivity contribution in [2.24, 2.45) is 0 Å². The fraction of sp³-hybridized carbons (Fsp3) is 0.385. The van der Waals surface area contributed by atoms with E-state index >= 15 is 0 Å². The summed E-state index contributed by atoms with van der Waals surface area (Å²) in [6.07, 6.45) is 0.845. The number of hydrogen-bond acceptors (Lipinski definition) is 5. The van der Waals surface area contributed by atoms with Crippen molar-refractivity contribution in [2.45, 2.75) is 24.0 Å². The first-order valence-electron chi connectivity index (χ1n) is 6.01. The van der Waals surface area contributed by atoms with E-state index in [0.717, 1.165) is 40.2 Å². The van der Waals surface area contributed by atoms with Crippen LogP contribution in [-0.2, 0) is 12.2 Å². The number of aromatic amines is 1. The minimum absolute atomic E-state index is 0.735. The topological polar surface area (TPSA) is 60.0 Å². The average molecular weight is 279 g/mol. The number of rotatable bonds is 6. The third-order valence-electron chi connectivity index (χ3n) is 2.62. The Kier molecular flexibility index (Phi) is 4.68. The van der Waals surface area contributed by atoms with E-state index in [-0.39, 0.29) is 0 Å². The number of nitrogens with zero attached hydrogens (tertiary/aromatic N) is 2. The van der Waals surface area contributed by atoms with Gasteiger partial charge in [-0.25, -0.2) is 4.98 Å². The van der Waals surface area contributed by atoms with Gasteiger partial charge in [-0.1, -0.05) is 6.92 Å². The van der Waals surface area contributed by atoms with Crippen LogP contribution in [0, 0.1) is 0 Å². The monoisotopic (exact) mass is 279 g/mol. The number of aryl methyl sites for hydroxylation is 1. The predicted octanol–water partition coefficient (Wildman–Crippen LogP) is 2.68. The molecule has 102 valence electrons. The molecule has 0 radical (unpaired) electrons. The lowest BCUT2D eigenvalue weighted by Gasteiger charge is -2.08. The van der Waals surface area contributed by atoms with Crippen molar-refractivity contribution in [2.75, 3.05) is 14.2 Å². The molecule has 0 aliphatic carbocycles. The standard InChI is InChI=1S/C13H17N3O2S/c1-4-12-14-13(16-15-12)8-19-9-5-6-10(17-2)11(7-9)18-3/h5-7H,4,8H2,1-3H3,(H,14,15,16). The third kappa shape index (κ3) is 3.41. The quantitative estimate of drug-likeness (QED) is 0.824. The van der Waals surface area contributed by atoms with E-state index in [1.165, 1.54) is 0 Å². The van der Waals surface area contributed by atoms with E-state index in [1.54, 1.807) is 26.0 Å². The van der Waals surface area contributed by atoms with Gasteiger partial charge in [-0.05, 0) is 18.2 Å². The maximum Gasteiger partial charge on any atom is 0.161 e. The first kappa shape index (κ1) is 13.7. The normalized spacial score (nSPS) is 10.5. The second-order valence-corrected chi connectivity index (χ2v) is 4.91. The molecular weight excluding hydrogens is 262 g/mol. The van der Waals surface area contributed by atoms with Crippen molar-refractivity contribution >= 4 is 11.8 Å². The zero-order valence-electron chi connectivity index (χ0n) is 11.3. The summed E-state index contributed by atoms with van der Waals surface area (Å²) in [6, 6.07) is 5.86. The van der Waals surface area contributed by atoms with E-state index in [4.69, 9.17) is 9.47 Å². The highest BCUT2D eigenvalue weighted by molar-refractivity contribution is 7.98. The second kappa shape index (κ2) is 6.47. The third-order valence-corrected chi connectivity index (χ3v) is 3.63. The van der Waals surface area contributed by atoms with Crippen molar-refractivity contribution in [3.63, 3.8) is 0 Å². The van der Waals surface area contributed by atoms with Gasteiger partial charge in [0.05, 0.1) is 20.0 Å². The summed E-state index contributed by atoms with van der Waals surface area (Å²) in [5.74, 6) is 3.96. The highest BCUT2D eigenvalue weighted by Crippen LogP contribution is 2.32. The zero-order chi connectivity index (χ0) is 13.7. The van der Waals surface area contributed by atoms with Crippen molar-refractivity contribution in [3.05, 3.63) is 29.8 Å². The molecule has 1 aromatic carbocycles. The minimum atomic E-state index is 0.735. The molecule has 1 N–H and O–H groups in total. The van der Waals surface area contributed by atoms with Gasteiger partial charge in [0.2, 0.25) is 0 Å². The second-order valence-electron chi connectivity index (χ2n) is 3.86. The van der Waals surface area contributed by atoms with Gasteiger partial charge in [0.15, 0.2) is 11.5 Å². The van der Waals surface area contributed by atoms with E-state index in [0.29, 0.717) is 0 Å². The number of benzene rings is 1. The summed E-state index contributed by atoms with van der Waals surface area (Å²) in [7, 11) is 3.27. The lowest BCUT2D eigenvalue weighted by Crippen LogP contribution is -1.91. The number of hydrogen-bond donors (Lipinski definition) is 1. The molecule has 0 unspecified atom stereocenters. The van der Waals surface area contributed by atoms with Gasteiger partial charge in [0, 0.05) is 11.3 Å². The molecule has 19 heavy (non-hydrogen) atoms. The highest BCUT2D eigenvalue weighted by atomic mass is 32.2. The van der Waals surface area contributed by atoms with Crippen LogP contribution in [0.2, 0.25) is 0 Å². The van der Waals surface area contributed by atoms with E-state index in [2.05, 4.69) is 15.2 Å². The lowest BCUT2D eigenvalue weighted by molar-refractivity contribution is 0.354. The Bertz CT molecular complexity index is 542. The Labute approximate surface area is 116 Å². The number of ether oxygens (including phenoxy) is 2. The molecule has 0 spiro atoms. The molecule has 1 aromatic heterocycles. The van der Waals surface area contributed by atoms with Crippen LogP contribution in [-0.4, -0.2) is 29.4 Å². The van der Waals surface area contributed by atoms with Crippen LogP contribution >= 0.6 is 11.8 Å². The molecule has 2 rings (SSSR count). The fourth-order valence-corrected chi connectivity index (χ4v) is 2.40. The molecule has 0 aliphatic heterocycles. The van der Waals surface area contributed by atoms with Crippen LogP contribution in [0.5, 0.6) is 11.5 Å². The predicted molar refractivity (Wildman–Crippen MR) is 74.9 cm³/mol. The van der Waals surface area contributed by atoms with Gasteiger partial charge >= 0.3 is 0 Å². The molecule has 2 aromatic rings. The molecular formula is C13H17N3O2S. The molecule has 0 aliphatic rings. The van der Waals surface area contributed by atoms with Gasteiger partial charge in [-0.2, -0.15) is 5.10 Å². The van der Waals surface area contributed by atoms with Crippen LogP contribution in [0.1, 0.15) is 18.6 Å². The number of H-pyrrole nitrogens is 1. The van der Waals surface area contributed by atoms with E-state index in [1.807, 2.05) is 25.1 Å². The number of thioether (sulfide) groups is 1. The molecule has 0 atom stereocenters. The Balaban J connectivity index is 2.03. The molecule has 6 heteroatoms. The summed E-state index contributed by atoms with van der Waals surface area (Å²) in [4.78, 5) is 5.48. The molecule has 1 heterocycles. The van der Waals surface area contributed by atoms with Gasteiger partial charge in [-0.3, -0.25) is 5.10 Å². The van der Waals surface area contributed by atoms with Crippen LogP contribution in [0.4, 0.5) is 0 Å². The lowest BCUT2D eigenvalue weighted by atomic mass is 10.3. The van der Waals surface area contributed by atoms with Gasteiger partial charge < -0.3 is 9.47 Å². The van der Waals surface area contributed by atoms with Crippen molar-refractivity contribution < 1.29 is 9.47 Å². The van der Waals surface area contributed by atoms with E-state index in [9.17, 15) is 0 Å².